The van der Waals surface area contributed by atoms with Crippen LogP contribution in [-0.2, 0) is 0 Å². The smallest absolute Gasteiger partial charge is 0.319 e. The molecule has 2 fully saturated rings. The topological polar surface area (TPSA) is 44.4 Å². The second-order valence-corrected chi connectivity index (χ2v) is 6.79. The van der Waals surface area contributed by atoms with Crippen LogP contribution in [0.4, 0.5) is 16.2 Å². The Morgan fingerprint density at radius 2 is 1.90 bits per heavy atom. The lowest BCUT2D eigenvalue weighted by Crippen LogP contribution is -2.32. The number of thioether (sulfide) groups is 1. The van der Waals surface area contributed by atoms with E-state index in [0.717, 1.165) is 25.2 Å². The number of anilines is 2. The second kappa shape index (κ2) is 5.95. The first-order chi connectivity index (χ1) is 9.72. The van der Waals surface area contributed by atoms with Gasteiger partial charge in [0.2, 0.25) is 0 Å². The number of nitrogens with zero attached hydrogens (tertiary/aromatic N) is 1. The minimum absolute atomic E-state index is 0.0959. The van der Waals surface area contributed by atoms with Crippen LogP contribution in [-0.4, -0.2) is 36.7 Å². The van der Waals surface area contributed by atoms with Crippen molar-refractivity contribution >= 4 is 29.2 Å². The molecule has 4 nitrogen and oxygen atoms in total. The molecular formula is C15H21N3OS. The fourth-order valence-electron chi connectivity index (χ4n) is 2.44. The average Bonchev–Trinajstić information content (AvgIpc) is 3.15. The lowest BCUT2D eigenvalue weighted by molar-refractivity contribution is 0.251. The van der Waals surface area contributed by atoms with Gasteiger partial charge in [0.15, 0.2) is 0 Å². The molecule has 0 radical (unpaired) electrons. The normalized spacial score (nSPS) is 25.1. The molecule has 108 valence electrons. The average molecular weight is 291 g/mol. The molecule has 0 aromatic heterocycles. The SMILES string of the molecule is C[C@@H]1C[C@H]1NC(=O)Nc1ccc(N2CCSCC2)cc1. The Kier molecular flexibility index (Phi) is 4.05. The lowest BCUT2D eigenvalue weighted by Gasteiger charge is -2.28. The molecule has 1 heterocycles. The number of amides is 2. The van der Waals surface area contributed by atoms with E-state index in [1.807, 2.05) is 23.9 Å². The zero-order valence-electron chi connectivity index (χ0n) is 11.8. The van der Waals surface area contributed by atoms with Crippen molar-refractivity contribution in [1.29, 1.82) is 0 Å². The Labute approximate surface area is 124 Å². The van der Waals surface area contributed by atoms with E-state index in [0.29, 0.717) is 12.0 Å². The van der Waals surface area contributed by atoms with E-state index in [1.165, 1.54) is 17.2 Å². The second-order valence-electron chi connectivity index (χ2n) is 5.56. The maximum Gasteiger partial charge on any atom is 0.319 e. The van der Waals surface area contributed by atoms with Crippen LogP contribution in [0.2, 0.25) is 0 Å². The van der Waals surface area contributed by atoms with E-state index in [-0.39, 0.29) is 6.03 Å². The van der Waals surface area contributed by atoms with Crippen LogP contribution < -0.4 is 15.5 Å². The van der Waals surface area contributed by atoms with Crippen LogP contribution in [0, 0.1) is 5.92 Å². The maximum absolute atomic E-state index is 11.8. The number of nitrogens with one attached hydrogen (secondary N) is 2. The Balaban J connectivity index is 1.54. The van der Waals surface area contributed by atoms with Gasteiger partial charge in [0.1, 0.15) is 0 Å². The summed E-state index contributed by atoms with van der Waals surface area (Å²) in [5, 5.41) is 5.86. The van der Waals surface area contributed by atoms with E-state index in [4.69, 9.17) is 0 Å². The molecule has 2 N–H and O–H groups in total. The molecule has 0 unspecified atom stereocenters. The molecule has 2 atom stereocenters. The van der Waals surface area contributed by atoms with Gasteiger partial charge < -0.3 is 15.5 Å². The van der Waals surface area contributed by atoms with Crippen LogP contribution in [0.1, 0.15) is 13.3 Å². The molecule has 1 aliphatic carbocycles. The highest BCUT2D eigenvalue weighted by molar-refractivity contribution is 7.99. The van der Waals surface area contributed by atoms with Crippen molar-refractivity contribution in [1.82, 2.24) is 5.32 Å². The Hall–Kier alpha value is -1.36. The summed E-state index contributed by atoms with van der Waals surface area (Å²) in [5.74, 6) is 3.02. The molecule has 2 aliphatic rings. The van der Waals surface area contributed by atoms with Gasteiger partial charge in [0.05, 0.1) is 0 Å². The summed E-state index contributed by atoms with van der Waals surface area (Å²) in [4.78, 5) is 14.2. The van der Waals surface area contributed by atoms with Gasteiger partial charge in [-0.15, -0.1) is 0 Å². The first-order valence-corrected chi connectivity index (χ1v) is 8.38. The summed E-state index contributed by atoms with van der Waals surface area (Å²) in [6, 6.07) is 8.40. The van der Waals surface area contributed by atoms with E-state index in [2.05, 4.69) is 34.6 Å². The van der Waals surface area contributed by atoms with Crippen molar-refractivity contribution < 1.29 is 4.79 Å². The zero-order chi connectivity index (χ0) is 13.9. The predicted octanol–water partition coefficient (Wildman–Crippen LogP) is 2.77. The Morgan fingerprint density at radius 1 is 1.25 bits per heavy atom. The van der Waals surface area contributed by atoms with Crippen LogP contribution in [0.25, 0.3) is 0 Å². The maximum atomic E-state index is 11.8. The number of rotatable bonds is 3. The van der Waals surface area contributed by atoms with Gasteiger partial charge in [0.25, 0.3) is 0 Å². The van der Waals surface area contributed by atoms with Crippen LogP contribution in [0.3, 0.4) is 0 Å². The summed E-state index contributed by atoms with van der Waals surface area (Å²) in [5.41, 5.74) is 2.10. The molecule has 0 spiro atoms. The molecule has 1 aromatic carbocycles. The molecule has 3 rings (SSSR count). The summed E-state index contributed by atoms with van der Waals surface area (Å²) in [7, 11) is 0. The van der Waals surface area contributed by atoms with Crippen molar-refractivity contribution in [3.8, 4) is 0 Å². The minimum Gasteiger partial charge on any atom is -0.370 e. The van der Waals surface area contributed by atoms with E-state index >= 15 is 0 Å². The number of carbonyl (C=O) groups excluding carboxylic acids is 1. The first kappa shape index (κ1) is 13.6. The minimum atomic E-state index is -0.0959. The van der Waals surface area contributed by atoms with E-state index in [1.54, 1.807) is 0 Å². The third-order valence-electron chi connectivity index (χ3n) is 3.93. The van der Waals surface area contributed by atoms with Gasteiger partial charge in [0, 0.05) is 42.0 Å². The van der Waals surface area contributed by atoms with Crippen molar-refractivity contribution in [2.75, 3.05) is 34.8 Å². The van der Waals surface area contributed by atoms with Crippen molar-refractivity contribution in [3.05, 3.63) is 24.3 Å². The molecule has 1 aliphatic heterocycles. The van der Waals surface area contributed by atoms with Gasteiger partial charge in [-0.25, -0.2) is 4.79 Å². The van der Waals surface area contributed by atoms with Crippen molar-refractivity contribution in [2.24, 2.45) is 5.92 Å². The summed E-state index contributed by atoms with van der Waals surface area (Å²) >= 11 is 2.01. The van der Waals surface area contributed by atoms with E-state index < -0.39 is 0 Å². The number of urea groups is 1. The molecule has 1 saturated carbocycles. The van der Waals surface area contributed by atoms with Gasteiger partial charge in [-0.2, -0.15) is 11.8 Å². The van der Waals surface area contributed by atoms with Crippen LogP contribution in [0.5, 0.6) is 0 Å². The monoisotopic (exact) mass is 291 g/mol. The molecule has 0 bridgehead atoms. The highest BCUT2D eigenvalue weighted by Crippen LogP contribution is 2.29. The number of benzene rings is 1. The first-order valence-electron chi connectivity index (χ1n) is 7.22. The molecular weight excluding hydrogens is 270 g/mol. The fraction of sp³-hybridized carbons (Fsp3) is 0.533. The molecule has 5 heteroatoms. The van der Waals surface area contributed by atoms with Gasteiger partial charge >= 0.3 is 6.03 Å². The summed E-state index contributed by atoms with van der Waals surface area (Å²) in [6.45, 7) is 4.37. The number of hydrogen-bond donors (Lipinski definition) is 2. The summed E-state index contributed by atoms with van der Waals surface area (Å²) < 4.78 is 0. The highest BCUT2D eigenvalue weighted by Gasteiger charge is 2.33. The molecule has 20 heavy (non-hydrogen) atoms. The lowest BCUT2D eigenvalue weighted by atomic mass is 10.2. The fourth-order valence-corrected chi connectivity index (χ4v) is 3.34. The number of carbonyl (C=O) groups is 1. The standard InChI is InChI=1S/C15H21N3OS/c1-11-10-14(11)17-15(19)16-12-2-4-13(5-3-12)18-6-8-20-9-7-18/h2-5,11,14H,6-10H2,1H3,(H2,16,17,19)/t11-,14-/m1/s1. The largest absolute Gasteiger partial charge is 0.370 e. The zero-order valence-corrected chi connectivity index (χ0v) is 12.6. The molecule has 1 saturated heterocycles. The van der Waals surface area contributed by atoms with Gasteiger partial charge in [-0.1, -0.05) is 6.92 Å². The third-order valence-corrected chi connectivity index (χ3v) is 4.87. The Morgan fingerprint density at radius 3 is 2.50 bits per heavy atom. The van der Waals surface area contributed by atoms with Gasteiger partial charge in [-0.05, 0) is 36.6 Å². The molecule has 1 aromatic rings. The number of hydrogen-bond acceptors (Lipinski definition) is 3. The van der Waals surface area contributed by atoms with Crippen molar-refractivity contribution in [2.45, 2.75) is 19.4 Å². The van der Waals surface area contributed by atoms with E-state index in [9.17, 15) is 4.79 Å². The third kappa shape index (κ3) is 3.39. The van der Waals surface area contributed by atoms with Crippen LogP contribution in [0.15, 0.2) is 24.3 Å². The van der Waals surface area contributed by atoms with Crippen LogP contribution >= 0.6 is 11.8 Å². The van der Waals surface area contributed by atoms with Crippen molar-refractivity contribution in [3.63, 3.8) is 0 Å². The molecule has 2 amide bonds. The predicted molar refractivity (Wildman–Crippen MR) is 85.7 cm³/mol. The quantitative estimate of drug-likeness (QED) is 0.900. The Bertz CT molecular complexity index is 471. The highest BCUT2D eigenvalue weighted by atomic mass is 32.2. The van der Waals surface area contributed by atoms with Gasteiger partial charge in [-0.3, -0.25) is 0 Å². The summed E-state index contributed by atoms with van der Waals surface area (Å²) in [6.07, 6.45) is 1.10.